The summed E-state index contributed by atoms with van der Waals surface area (Å²) in [6.45, 7) is 0. The summed E-state index contributed by atoms with van der Waals surface area (Å²) in [5.74, 6) is 0. The lowest BCUT2D eigenvalue weighted by molar-refractivity contribution is 0.900. The maximum atomic E-state index is 4.72. The van der Waals surface area contributed by atoms with Crippen LogP contribution >= 0.6 is 0 Å². The van der Waals surface area contributed by atoms with Gasteiger partial charge in [-0.25, -0.2) is 0 Å². The van der Waals surface area contributed by atoms with Crippen LogP contribution in [-0.4, -0.2) is 4.98 Å². The number of fused-ring (bicyclic) bond motifs is 1. The van der Waals surface area contributed by atoms with Crippen molar-refractivity contribution in [2.45, 2.75) is 19.3 Å². The minimum atomic E-state index is 1.11. The third-order valence-electron chi connectivity index (χ3n) is 3.00. The molecule has 0 fully saturated rings. The molecule has 3 rings (SSSR count). The van der Waals surface area contributed by atoms with Crippen molar-refractivity contribution in [2.75, 3.05) is 0 Å². The first kappa shape index (κ1) is 8.66. The van der Waals surface area contributed by atoms with Gasteiger partial charge in [0.15, 0.2) is 0 Å². The molecule has 0 spiro atoms. The van der Waals surface area contributed by atoms with Crippen molar-refractivity contribution >= 4 is 0 Å². The fourth-order valence-electron chi connectivity index (χ4n) is 2.19. The summed E-state index contributed by atoms with van der Waals surface area (Å²) in [6, 6.07) is 14.8. The quantitative estimate of drug-likeness (QED) is 0.680. The summed E-state index contributed by atoms with van der Waals surface area (Å²) < 4.78 is 0. The van der Waals surface area contributed by atoms with Crippen LogP contribution in [0.3, 0.4) is 0 Å². The predicted octanol–water partition coefficient (Wildman–Crippen LogP) is 3.24. The van der Waals surface area contributed by atoms with Crippen LogP contribution in [0.4, 0.5) is 0 Å². The van der Waals surface area contributed by atoms with Crippen LogP contribution in [0.25, 0.3) is 11.3 Å². The smallest absolute Gasteiger partial charge is 0.0705 e. The van der Waals surface area contributed by atoms with E-state index < -0.39 is 0 Å². The topological polar surface area (TPSA) is 12.9 Å². The summed E-state index contributed by atoms with van der Waals surface area (Å²) in [6.07, 6.45) is 3.62. The Kier molecular flexibility index (Phi) is 2.02. The number of benzene rings is 1. The minimum Gasteiger partial charge on any atom is -0.253 e. The zero-order valence-corrected chi connectivity index (χ0v) is 8.61. The first-order chi connectivity index (χ1) is 7.43. The fourth-order valence-corrected chi connectivity index (χ4v) is 2.19. The molecule has 1 aromatic heterocycles. The Hall–Kier alpha value is -1.63. The molecule has 0 unspecified atom stereocenters. The van der Waals surface area contributed by atoms with E-state index in [9.17, 15) is 0 Å². The van der Waals surface area contributed by atoms with E-state index in [2.05, 4.69) is 36.4 Å². The summed E-state index contributed by atoms with van der Waals surface area (Å²) in [5, 5.41) is 0. The molecule has 0 amide bonds. The molecule has 1 aliphatic carbocycles. The van der Waals surface area contributed by atoms with Gasteiger partial charge in [-0.15, -0.1) is 0 Å². The van der Waals surface area contributed by atoms with Crippen LogP contribution in [0.5, 0.6) is 0 Å². The molecule has 74 valence electrons. The molecule has 0 N–H and O–H groups in total. The Morgan fingerprint density at radius 2 is 1.73 bits per heavy atom. The maximum absolute atomic E-state index is 4.72. The molecule has 1 aliphatic rings. The molecule has 0 saturated heterocycles. The average molecular weight is 195 g/mol. The highest BCUT2D eigenvalue weighted by Gasteiger charge is 2.12. The number of hydrogen-bond acceptors (Lipinski definition) is 1. The van der Waals surface area contributed by atoms with Gasteiger partial charge in [-0.1, -0.05) is 36.4 Å². The zero-order valence-electron chi connectivity index (χ0n) is 8.61. The Morgan fingerprint density at radius 3 is 2.60 bits per heavy atom. The lowest BCUT2D eigenvalue weighted by Gasteiger charge is -2.03. The van der Waals surface area contributed by atoms with Crippen LogP contribution in [-0.2, 0) is 12.8 Å². The molecule has 0 saturated carbocycles. The van der Waals surface area contributed by atoms with Gasteiger partial charge < -0.3 is 0 Å². The van der Waals surface area contributed by atoms with E-state index >= 15 is 0 Å². The number of aromatic nitrogens is 1. The van der Waals surface area contributed by atoms with E-state index in [1.54, 1.807) is 0 Å². The van der Waals surface area contributed by atoms with E-state index in [-0.39, 0.29) is 0 Å². The monoisotopic (exact) mass is 195 g/mol. The standard InChI is InChI=1S/C14H13N/c1-2-5-11(6-3-1)14-10-9-12-7-4-8-13(12)15-14/h1-3,5-6,9-10H,4,7-8H2. The second-order valence-corrected chi connectivity index (χ2v) is 4.02. The highest BCUT2D eigenvalue weighted by molar-refractivity contribution is 5.59. The van der Waals surface area contributed by atoms with Crippen molar-refractivity contribution in [1.29, 1.82) is 0 Å². The molecule has 0 atom stereocenters. The molecule has 0 radical (unpaired) electrons. The van der Waals surface area contributed by atoms with Gasteiger partial charge in [0, 0.05) is 11.3 Å². The molecule has 1 aromatic carbocycles. The Labute approximate surface area is 89.8 Å². The number of pyridine rings is 1. The molecule has 2 aromatic rings. The summed E-state index contributed by atoms with van der Waals surface area (Å²) in [4.78, 5) is 4.72. The molecule has 1 heteroatoms. The molecule has 15 heavy (non-hydrogen) atoms. The lowest BCUT2D eigenvalue weighted by Crippen LogP contribution is -1.90. The van der Waals surface area contributed by atoms with Gasteiger partial charge in [0.1, 0.15) is 0 Å². The van der Waals surface area contributed by atoms with Gasteiger partial charge in [-0.05, 0) is 30.9 Å². The summed E-state index contributed by atoms with van der Waals surface area (Å²) in [5.41, 5.74) is 5.06. The Bertz CT molecular complexity index is 474. The number of hydrogen-bond donors (Lipinski definition) is 0. The maximum Gasteiger partial charge on any atom is 0.0705 e. The van der Waals surface area contributed by atoms with E-state index in [1.165, 1.54) is 29.7 Å². The van der Waals surface area contributed by atoms with Crippen molar-refractivity contribution in [3.63, 3.8) is 0 Å². The second kappa shape index (κ2) is 3.50. The van der Waals surface area contributed by atoms with E-state index in [0.717, 1.165) is 12.1 Å². The summed E-state index contributed by atoms with van der Waals surface area (Å²) in [7, 11) is 0. The van der Waals surface area contributed by atoms with E-state index in [0.29, 0.717) is 0 Å². The third kappa shape index (κ3) is 1.54. The van der Waals surface area contributed by atoms with Crippen molar-refractivity contribution in [3.8, 4) is 11.3 Å². The summed E-state index contributed by atoms with van der Waals surface area (Å²) >= 11 is 0. The largest absolute Gasteiger partial charge is 0.253 e. The van der Waals surface area contributed by atoms with Crippen LogP contribution in [0.15, 0.2) is 42.5 Å². The van der Waals surface area contributed by atoms with Gasteiger partial charge in [-0.2, -0.15) is 0 Å². The van der Waals surface area contributed by atoms with Crippen molar-refractivity contribution < 1.29 is 0 Å². The SMILES string of the molecule is c1ccc(-c2ccc3c(n2)CCC3)cc1. The highest BCUT2D eigenvalue weighted by atomic mass is 14.7. The lowest BCUT2D eigenvalue weighted by atomic mass is 10.1. The van der Waals surface area contributed by atoms with Gasteiger partial charge >= 0.3 is 0 Å². The van der Waals surface area contributed by atoms with Crippen LogP contribution in [0.2, 0.25) is 0 Å². The molecule has 1 nitrogen and oxygen atoms in total. The predicted molar refractivity (Wildman–Crippen MR) is 61.7 cm³/mol. The van der Waals surface area contributed by atoms with Crippen LogP contribution in [0, 0.1) is 0 Å². The van der Waals surface area contributed by atoms with Crippen molar-refractivity contribution in [1.82, 2.24) is 4.98 Å². The molecular formula is C14H13N. The minimum absolute atomic E-state index is 1.11. The Morgan fingerprint density at radius 1 is 0.867 bits per heavy atom. The van der Waals surface area contributed by atoms with Crippen molar-refractivity contribution in [3.05, 3.63) is 53.7 Å². The number of aryl methyl sites for hydroxylation is 2. The molecule has 1 heterocycles. The van der Waals surface area contributed by atoms with Gasteiger partial charge in [-0.3, -0.25) is 4.98 Å². The second-order valence-electron chi connectivity index (χ2n) is 4.02. The van der Waals surface area contributed by atoms with E-state index in [4.69, 9.17) is 4.98 Å². The fraction of sp³-hybridized carbons (Fsp3) is 0.214. The van der Waals surface area contributed by atoms with Crippen LogP contribution < -0.4 is 0 Å². The van der Waals surface area contributed by atoms with Gasteiger partial charge in [0.25, 0.3) is 0 Å². The van der Waals surface area contributed by atoms with Crippen LogP contribution in [0.1, 0.15) is 17.7 Å². The normalized spacial score (nSPS) is 13.9. The van der Waals surface area contributed by atoms with Crippen molar-refractivity contribution in [2.24, 2.45) is 0 Å². The number of rotatable bonds is 1. The zero-order chi connectivity index (χ0) is 10.1. The third-order valence-corrected chi connectivity index (χ3v) is 3.00. The molecule has 0 aliphatic heterocycles. The Balaban J connectivity index is 2.07. The first-order valence-corrected chi connectivity index (χ1v) is 5.48. The number of nitrogens with zero attached hydrogens (tertiary/aromatic N) is 1. The van der Waals surface area contributed by atoms with Gasteiger partial charge in [0.2, 0.25) is 0 Å². The van der Waals surface area contributed by atoms with Gasteiger partial charge in [0.05, 0.1) is 5.69 Å². The van der Waals surface area contributed by atoms with E-state index in [1.807, 2.05) is 6.07 Å². The first-order valence-electron chi connectivity index (χ1n) is 5.48. The highest BCUT2D eigenvalue weighted by Crippen LogP contribution is 2.24. The molecule has 0 bridgehead atoms. The average Bonchev–Trinajstić information content (AvgIpc) is 2.77. The molecular weight excluding hydrogens is 182 g/mol.